The number of aryl methyl sites for hydroxylation is 1. The molecule has 1 atom stereocenters. The van der Waals surface area contributed by atoms with E-state index in [1.807, 2.05) is 11.3 Å². The molecule has 0 fully saturated rings. The van der Waals surface area contributed by atoms with Gasteiger partial charge in [0, 0.05) is 29.5 Å². The lowest BCUT2D eigenvalue weighted by Gasteiger charge is -2.12. The average Bonchev–Trinajstić information content (AvgIpc) is 2.84. The van der Waals surface area contributed by atoms with Crippen LogP contribution in [0.1, 0.15) is 33.8 Å². The molecule has 1 N–H and O–H groups in total. The van der Waals surface area contributed by atoms with Crippen molar-refractivity contribution in [3.8, 4) is 0 Å². The molecule has 1 unspecified atom stereocenters. The van der Waals surface area contributed by atoms with Crippen molar-refractivity contribution in [2.75, 3.05) is 7.11 Å². The predicted molar refractivity (Wildman–Crippen MR) is 81.5 cm³/mol. The summed E-state index contributed by atoms with van der Waals surface area (Å²) >= 11 is 1.86. The van der Waals surface area contributed by atoms with E-state index in [9.17, 15) is 0 Å². The van der Waals surface area contributed by atoms with Crippen molar-refractivity contribution < 1.29 is 4.74 Å². The van der Waals surface area contributed by atoms with Gasteiger partial charge in [0.1, 0.15) is 0 Å². The first-order valence-electron chi connectivity index (χ1n) is 6.55. The van der Waals surface area contributed by atoms with E-state index >= 15 is 0 Å². The topological polar surface area (TPSA) is 21.3 Å². The summed E-state index contributed by atoms with van der Waals surface area (Å²) < 4.78 is 5.16. The van der Waals surface area contributed by atoms with Gasteiger partial charge in [0.05, 0.1) is 6.61 Å². The summed E-state index contributed by atoms with van der Waals surface area (Å²) in [5.74, 6) is 0. The smallest absolute Gasteiger partial charge is 0.0713 e. The summed E-state index contributed by atoms with van der Waals surface area (Å²) in [6, 6.07) is 13.3. The van der Waals surface area contributed by atoms with E-state index in [0.717, 1.165) is 6.54 Å². The molecule has 3 heteroatoms. The van der Waals surface area contributed by atoms with Gasteiger partial charge in [-0.3, -0.25) is 0 Å². The predicted octanol–water partition coefficient (Wildman–Crippen LogP) is 4.05. The van der Waals surface area contributed by atoms with Crippen LogP contribution in [0.5, 0.6) is 0 Å². The molecule has 0 aliphatic rings. The van der Waals surface area contributed by atoms with Crippen molar-refractivity contribution in [1.29, 1.82) is 0 Å². The molecule has 0 amide bonds. The van der Waals surface area contributed by atoms with Crippen molar-refractivity contribution in [3.05, 3.63) is 57.3 Å². The maximum Gasteiger partial charge on any atom is 0.0713 e. The number of hydrogen-bond acceptors (Lipinski definition) is 3. The lowest BCUT2D eigenvalue weighted by atomic mass is 10.1. The van der Waals surface area contributed by atoms with Crippen LogP contribution < -0.4 is 5.32 Å². The van der Waals surface area contributed by atoms with Gasteiger partial charge in [-0.05, 0) is 37.1 Å². The van der Waals surface area contributed by atoms with Crippen molar-refractivity contribution in [2.24, 2.45) is 0 Å². The quantitative estimate of drug-likeness (QED) is 0.858. The largest absolute Gasteiger partial charge is 0.380 e. The van der Waals surface area contributed by atoms with Crippen LogP contribution >= 0.6 is 11.3 Å². The minimum atomic E-state index is 0.393. The zero-order valence-corrected chi connectivity index (χ0v) is 12.6. The van der Waals surface area contributed by atoms with E-state index in [4.69, 9.17) is 4.74 Å². The van der Waals surface area contributed by atoms with Gasteiger partial charge in [-0.25, -0.2) is 0 Å². The van der Waals surface area contributed by atoms with Gasteiger partial charge >= 0.3 is 0 Å². The SMILES string of the molecule is COCc1cccc(CNC(C)c2ccc(C)s2)c1. The van der Waals surface area contributed by atoms with Crippen molar-refractivity contribution in [3.63, 3.8) is 0 Å². The first kappa shape index (κ1) is 14.3. The summed E-state index contributed by atoms with van der Waals surface area (Å²) in [5.41, 5.74) is 2.52. The fourth-order valence-electron chi connectivity index (χ4n) is 2.05. The highest BCUT2D eigenvalue weighted by molar-refractivity contribution is 7.12. The maximum atomic E-state index is 5.16. The van der Waals surface area contributed by atoms with E-state index < -0.39 is 0 Å². The first-order chi connectivity index (χ1) is 9.19. The van der Waals surface area contributed by atoms with Crippen molar-refractivity contribution >= 4 is 11.3 Å². The molecule has 0 radical (unpaired) electrons. The third-order valence-corrected chi connectivity index (χ3v) is 4.29. The molecule has 1 heterocycles. The number of thiophene rings is 1. The van der Waals surface area contributed by atoms with Gasteiger partial charge in [0.2, 0.25) is 0 Å². The summed E-state index contributed by atoms with van der Waals surface area (Å²) in [6.07, 6.45) is 0. The van der Waals surface area contributed by atoms with Crippen LogP contribution in [-0.4, -0.2) is 7.11 Å². The normalized spacial score (nSPS) is 12.6. The number of methoxy groups -OCH3 is 1. The molecule has 0 saturated carbocycles. The number of hydrogen-bond donors (Lipinski definition) is 1. The van der Waals surface area contributed by atoms with Gasteiger partial charge < -0.3 is 10.1 Å². The summed E-state index contributed by atoms with van der Waals surface area (Å²) in [5, 5.41) is 3.57. The van der Waals surface area contributed by atoms with Crippen LogP contribution in [0.15, 0.2) is 36.4 Å². The monoisotopic (exact) mass is 275 g/mol. The van der Waals surface area contributed by atoms with Crippen LogP contribution in [0.4, 0.5) is 0 Å². The Bertz CT molecular complexity index is 521. The molecule has 19 heavy (non-hydrogen) atoms. The van der Waals surface area contributed by atoms with Crippen LogP contribution in [0.25, 0.3) is 0 Å². The minimum absolute atomic E-state index is 0.393. The number of benzene rings is 1. The van der Waals surface area contributed by atoms with Gasteiger partial charge in [0.25, 0.3) is 0 Å². The van der Waals surface area contributed by atoms with Crippen molar-refractivity contribution in [1.82, 2.24) is 5.32 Å². The Morgan fingerprint density at radius 3 is 2.68 bits per heavy atom. The average molecular weight is 275 g/mol. The minimum Gasteiger partial charge on any atom is -0.380 e. The molecule has 0 saturated heterocycles. The van der Waals surface area contributed by atoms with Crippen LogP contribution in [0.2, 0.25) is 0 Å². The Balaban J connectivity index is 1.93. The Labute approximate surface area is 119 Å². The number of ether oxygens (including phenoxy) is 1. The van der Waals surface area contributed by atoms with Gasteiger partial charge in [-0.1, -0.05) is 24.3 Å². The third kappa shape index (κ3) is 4.16. The third-order valence-electron chi connectivity index (χ3n) is 3.10. The fraction of sp³-hybridized carbons (Fsp3) is 0.375. The van der Waals surface area contributed by atoms with Gasteiger partial charge in [0.15, 0.2) is 0 Å². The van der Waals surface area contributed by atoms with Gasteiger partial charge in [-0.15, -0.1) is 11.3 Å². The Morgan fingerprint density at radius 2 is 2.00 bits per heavy atom. The Kier molecular flexibility index (Phi) is 5.14. The lowest BCUT2D eigenvalue weighted by molar-refractivity contribution is 0.185. The maximum absolute atomic E-state index is 5.16. The second-order valence-electron chi connectivity index (χ2n) is 4.80. The summed E-state index contributed by atoms with van der Waals surface area (Å²) in [7, 11) is 1.73. The summed E-state index contributed by atoms with van der Waals surface area (Å²) in [6.45, 7) is 5.92. The van der Waals surface area contributed by atoms with Crippen molar-refractivity contribution in [2.45, 2.75) is 33.0 Å². The highest BCUT2D eigenvalue weighted by atomic mass is 32.1. The van der Waals surface area contributed by atoms with Crippen LogP contribution in [-0.2, 0) is 17.9 Å². The zero-order chi connectivity index (χ0) is 13.7. The molecule has 1 aromatic carbocycles. The number of rotatable bonds is 6. The van der Waals surface area contributed by atoms with Crippen LogP contribution in [0.3, 0.4) is 0 Å². The molecule has 2 aromatic rings. The lowest BCUT2D eigenvalue weighted by Crippen LogP contribution is -2.17. The fourth-order valence-corrected chi connectivity index (χ4v) is 2.96. The van der Waals surface area contributed by atoms with E-state index in [-0.39, 0.29) is 0 Å². The van der Waals surface area contributed by atoms with E-state index in [2.05, 4.69) is 55.6 Å². The standard InChI is InChI=1S/C16H21NOS/c1-12-7-8-16(19-12)13(2)17-10-14-5-4-6-15(9-14)11-18-3/h4-9,13,17H,10-11H2,1-3H3. The number of nitrogens with one attached hydrogen (secondary N) is 1. The van der Waals surface area contributed by atoms with E-state index in [0.29, 0.717) is 12.6 Å². The second-order valence-corrected chi connectivity index (χ2v) is 6.12. The molecule has 1 aromatic heterocycles. The molecule has 0 bridgehead atoms. The van der Waals surface area contributed by atoms with Gasteiger partial charge in [-0.2, -0.15) is 0 Å². The highest BCUT2D eigenvalue weighted by Crippen LogP contribution is 2.22. The molecular weight excluding hydrogens is 254 g/mol. The van der Waals surface area contributed by atoms with E-state index in [1.54, 1.807) is 7.11 Å². The molecule has 0 aliphatic heterocycles. The summed E-state index contributed by atoms with van der Waals surface area (Å²) in [4.78, 5) is 2.76. The Morgan fingerprint density at radius 1 is 1.21 bits per heavy atom. The van der Waals surface area contributed by atoms with Crippen LogP contribution in [0, 0.1) is 6.92 Å². The first-order valence-corrected chi connectivity index (χ1v) is 7.37. The Hall–Kier alpha value is -1.16. The molecule has 2 rings (SSSR count). The second kappa shape index (κ2) is 6.85. The van der Waals surface area contributed by atoms with E-state index in [1.165, 1.54) is 20.9 Å². The molecular formula is C16H21NOS. The molecule has 0 spiro atoms. The molecule has 2 nitrogen and oxygen atoms in total. The molecule has 0 aliphatic carbocycles. The molecule has 102 valence electrons. The zero-order valence-electron chi connectivity index (χ0n) is 11.8. The highest BCUT2D eigenvalue weighted by Gasteiger charge is 2.07.